The lowest BCUT2D eigenvalue weighted by Gasteiger charge is -2.26. The van der Waals surface area contributed by atoms with Crippen LogP contribution in [0.15, 0.2) is 22.7 Å². The van der Waals surface area contributed by atoms with Gasteiger partial charge in [0.2, 0.25) is 0 Å². The van der Waals surface area contributed by atoms with Crippen molar-refractivity contribution in [2.75, 3.05) is 18.5 Å². The van der Waals surface area contributed by atoms with Gasteiger partial charge in [-0.15, -0.1) is 0 Å². The highest BCUT2D eigenvalue weighted by molar-refractivity contribution is 9.10. The number of unbranched alkanes of at least 4 members (excludes halogenated alkanes) is 1. The van der Waals surface area contributed by atoms with E-state index in [0.717, 1.165) is 30.2 Å². The number of aryl methyl sites for hydroxylation is 1. The Hall–Kier alpha value is 0.190. The molecule has 0 aromatic heterocycles. The molecule has 0 fully saturated rings. The van der Waals surface area contributed by atoms with Gasteiger partial charge in [-0.25, -0.2) is 0 Å². The first kappa shape index (κ1) is 21.2. The van der Waals surface area contributed by atoms with Crippen molar-refractivity contribution in [3.05, 3.63) is 33.8 Å². The SMILES string of the molecule is CCOP(=O)(OCC)C(F)(F)c1ccc(CCCCBr)cc1Br. The molecular formula is C15H21Br2F2O3P. The second kappa shape index (κ2) is 9.62. The van der Waals surface area contributed by atoms with E-state index >= 15 is 0 Å². The third kappa shape index (κ3) is 5.33. The van der Waals surface area contributed by atoms with Crippen LogP contribution >= 0.6 is 39.5 Å². The summed E-state index contributed by atoms with van der Waals surface area (Å²) in [6, 6.07) is 4.56. The van der Waals surface area contributed by atoms with Crippen molar-refractivity contribution >= 4 is 39.5 Å². The number of rotatable bonds is 10. The molecule has 0 spiro atoms. The van der Waals surface area contributed by atoms with Gasteiger partial charge in [0.15, 0.2) is 0 Å². The Morgan fingerprint density at radius 1 is 1.17 bits per heavy atom. The molecule has 1 rings (SSSR count). The molecule has 1 aromatic carbocycles. The predicted octanol–water partition coefficient (Wildman–Crippen LogP) is 6.48. The largest absolute Gasteiger partial charge is 0.404 e. The molecular weight excluding hydrogens is 457 g/mol. The number of hydrogen-bond acceptors (Lipinski definition) is 3. The summed E-state index contributed by atoms with van der Waals surface area (Å²) in [5.41, 5.74) is -3.15. The second-order valence-corrected chi connectivity index (χ2v) is 8.55. The molecule has 3 nitrogen and oxygen atoms in total. The quantitative estimate of drug-likeness (QED) is 0.220. The highest BCUT2D eigenvalue weighted by Gasteiger charge is 2.55. The van der Waals surface area contributed by atoms with Crippen molar-refractivity contribution in [2.45, 2.75) is 38.8 Å². The molecule has 0 aliphatic carbocycles. The molecule has 0 aliphatic heterocycles. The summed E-state index contributed by atoms with van der Waals surface area (Å²) in [6.45, 7) is 2.78. The molecule has 1 aromatic rings. The normalized spacial score (nSPS) is 12.6. The topological polar surface area (TPSA) is 35.5 Å². The molecule has 0 unspecified atom stereocenters. The number of hydrogen-bond donors (Lipinski definition) is 0. The van der Waals surface area contributed by atoms with Crippen molar-refractivity contribution in [2.24, 2.45) is 0 Å². The molecule has 132 valence electrons. The van der Waals surface area contributed by atoms with Crippen LogP contribution in [0.2, 0.25) is 0 Å². The van der Waals surface area contributed by atoms with Crippen LogP contribution in [-0.4, -0.2) is 18.5 Å². The summed E-state index contributed by atoms with van der Waals surface area (Å²) in [6.07, 6.45) is 2.77. The van der Waals surface area contributed by atoms with Crippen LogP contribution < -0.4 is 0 Å². The molecule has 0 N–H and O–H groups in total. The van der Waals surface area contributed by atoms with Gasteiger partial charge in [-0.2, -0.15) is 8.78 Å². The molecule has 0 bridgehead atoms. The van der Waals surface area contributed by atoms with Gasteiger partial charge >= 0.3 is 13.3 Å². The average Bonchev–Trinajstić information content (AvgIpc) is 2.47. The zero-order valence-electron chi connectivity index (χ0n) is 13.2. The fourth-order valence-electron chi connectivity index (χ4n) is 2.07. The van der Waals surface area contributed by atoms with Crippen LogP contribution in [0.3, 0.4) is 0 Å². The molecule has 0 aliphatic rings. The summed E-state index contributed by atoms with van der Waals surface area (Å²) >= 11 is 6.52. The van der Waals surface area contributed by atoms with Crippen LogP contribution in [0.4, 0.5) is 8.78 Å². The Morgan fingerprint density at radius 3 is 2.26 bits per heavy atom. The Balaban J connectivity index is 3.09. The van der Waals surface area contributed by atoms with Crippen molar-refractivity contribution in [3.63, 3.8) is 0 Å². The first-order valence-corrected chi connectivity index (χ1v) is 10.9. The van der Waals surface area contributed by atoms with Crippen LogP contribution in [-0.2, 0) is 25.7 Å². The van der Waals surface area contributed by atoms with Gasteiger partial charge in [0.25, 0.3) is 0 Å². The van der Waals surface area contributed by atoms with Crippen LogP contribution in [0.5, 0.6) is 0 Å². The monoisotopic (exact) mass is 476 g/mol. The maximum atomic E-state index is 14.7. The van der Waals surface area contributed by atoms with E-state index in [4.69, 9.17) is 9.05 Å². The Morgan fingerprint density at radius 2 is 1.78 bits per heavy atom. The smallest absolute Gasteiger partial charge is 0.304 e. The van der Waals surface area contributed by atoms with E-state index in [0.29, 0.717) is 0 Å². The molecule has 0 amide bonds. The molecule has 0 saturated carbocycles. The summed E-state index contributed by atoms with van der Waals surface area (Å²) in [5.74, 6) is 0. The molecule has 8 heteroatoms. The first-order valence-electron chi connectivity index (χ1n) is 7.44. The van der Waals surface area contributed by atoms with Crippen molar-refractivity contribution in [1.82, 2.24) is 0 Å². The third-order valence-corrected chi connectivity index (χ3v) is 6.49. The van der Waals surface area contributed by atoms with Crippen molar-refractivity contribution < 1.29 is 22.4 Å². The minimum absolute atomic E-state index is 0.116. The number of benzene rings is 1. The fourth-order valence-corrected chi connectivity index (χ4v) is 4.86. The van der Waals surface area contributed by atoms with Crippen molar-refractivity contribution in [3.8, 4) is 0 Å². The van der Waals surface area contributed by atoms with Crippen LogP contribution in [0.25, 0.3) is 0 Å². The highest BCUT2D eigenvalue weighted by Crippen LogP contribution is 2.67. The van der Waals surface area contributed by atoms with Gasteiger partial charge in [0.1, 0.15) is 0 Å². The standard InChI is InChI=1S/C15H21Br2F2O3P/c1-3-21-23(20,22-4-2)15(18,19)13-9-8-12(11-14(13)17)7-5-6-10-16/h8-9,11H,3-7,10H2,1-2H3. The Labute approximate surface area is 152 Å². The summed E-state index contributed by atoms with van der Waals surface area (Å²) in [5, 5.41) is 0.913. The number of alkyl halides is 3. The minimum Gasteiger partial charge on any atom is -0.304 e. The van der Waals surface area contributed by atoms with Crippen LogP contribution in [0, 0.1) is 0 Å². The van der Waals surface area contributed by atoms with E-state index in [1.54, 1.807) is 12.1 Å². The zero-order valence-corrected chi connectivity index (χ0v) is 17.2. The van der Waals surface area contributed by atoms with E-state index in [1.165, 1.54) is 19.9 Å². The molecule has 0 heterocycles. The lowest BCUT2D eigenvalue weighted by atomic mass is 10.1. The molecule has 0 saturated heterocycles. The van der Waals surface area contributed by atoms with Gasteiger partial charge in [-0.05, 0) is 44.7 Å². The highest BCUT2D eigenvalue weighted by atomic mass is 79.9. The predicted molar refractivity (Wildman–Crippen MR) is 95.6 cm³/mol. The molecule has 23 heavy (non-hydrogen) atoms. The maximum Gasteiger partial charge on any atom is 0.404 e. The minimum atomic E-state index is -4.58. The van der Waals surface area contributed by atoms with E-state index < -0.39 is 13.3 Å². The Kier molecular flexibility index (Phi) is 8.88. The van der Waals surface area contributed by atoms with Gasteiger partial charge in [-0.1, -0.05) is 44.0 Å². The lowest BCUT2D eigenvalue weighted by Crippen LogP contribution is -2.19. The summed E-state index contributed by atoms with van der Waals surface area (Å²) in [4.78, 5) is 0. The first-order chi connectivity index (χ1) is 10.8. The second-order valence-electron chi connectivity index (χ2n) is 4.83. The fraction of sp³-hybridized carbons (Fsp3) is 0.600. The van der Waals surface area contributed by atoms with E-state index in [2.05, 4.69) is 31.9 Å². The Bertz CT molecular complexity index is 546. The van der Waals surface area contributed by atoms with E-state index in [9.17, 15) is 13.3 Å². The van der Waals surface area contributed by atoms with E-state index in [-0.39, 0.29) is 23.2 Å². The van der Waals surface area contributed by atoms with Gasteiger partial charge in [0, 0.05) is 15.4 Å². The molecule has 0 radical (unpaired) electrons. The average molecular weight is 478 g/mol. The zero-order chi connectivity index (χ0) is 17.5. The lowest BCUT2D eigenvalue weighted by molar-refractivity contribution is 0.0354. The van der Waals surface area contributed by atoms with E-state index in [1.807, 2.05) is 0 Å². The van der Waals surface area contributed by atoms with Gasteiger partial charge in [-0.3, -0.25) is 4.57 Å². The summed E-state index contributed by atoms with van der Waals surface area (Å²) in [7, 11) is -4.58. The van der Waals surface area contributed by atoms with Gasteiger partial charge in [0.05, 0.1) is 13.2 Å². The number of halogens is 4. The van der Waals surface area contributed by atoms with Crippen molar-refractivity contribution in [1.29, 1.82) is 0 Å². The van der Waals surface area contributed by atoms with Crippen LogP contribution in [0.1, 0.15) is 37.8 Å². The molecule has 0 atom stereocenters. The summed E-state index contributed by atoms with van der Waals surface area (Å²) < 4.78 is 51.7. The maximum absolute atomic E-state index is 14.7. The van der Waals surface area contributed by atoms with Gasteiger partial charge < -0.3 is 9.05 Å². The third-order valence-electron chi connectivity index (χ3n) is 3.15.